The van der Waals surface area contributed by atoms with E-state index in [4.69, 9.17) is 4.74 Å². The number of ether oxygens (including phenoxy) is 1. The van der Waals surface area contributed by atoms with Crippen molar-refractivity contribution in [2.75, 3.05) is 27.2 Å². The van der Waals surface area contributed by atoms with Crippen LogP contribution in [0.2, 0.25) is 0 Å². The molecule has 0 heterocycles. The Kier molecular flexibility index (Phi) is 5.10. The topological polar surface area (TPSA) is 45.7 Å². The summed E-state index contributed by atoms with van der Waals surface area (Å²) in [6, 6.07) is 8.27. The third-order valence-corrected chi connectivity index (χ3v) is 4.05. The number of aliphatic imine (C=N–C) groups is 1. The van der Waals surface area contributed by atoms with Crippen molar-refractivity contribution in [3.05, 3.63) is 29.8 Å². The average molecular weight is 289 g/mol. The molecule has 0 atom stereocenters. The predicted molar refractivity (Wildman–Crippen MR) is 88.1 cm³/mol. The number of hydrogen-bond acceptors (Lipinski definition) is 2. The first-order valence-electron chi connectivity index (χ1n) is 7.64. The maximum Gasteiger partial charge on any atom is 0.191 e. The number of nitrogens with zero attached hydrogens (tertiary/aromatic N) is 1. The quantitative estimate of drug-likeness (QED) is 0.625. The van der Waals surface area contributed by atoms with Gasteiger partial charge in [-0.2, -0.15) is 0 Å². The highest BCUT2D eigenvalue weighted by atomic mass is 16.5. The molecule has 0 spiro atoms. The van der Waals surface area contributed by atoms with Crippen LogP contribution in [-0.4, -0.2) is 33.2 Å². The molecule has 21 heavy (non-hydrogen) atoms. The van der Waals surface area contributed by atoms with Crippen LogP contribution >= 0.6 is 0 Å². The van der Waals surface area contributed by atoms with Crippen molar-refractivity contribution in [1.29, 1.82) is 0 Å². The Hall–Kier alpha value is -1.71. The summed E-state index contributed by atoms with van der Waals surface area (Å²) < 4.78 is 5.21. The molecule has 0 unspecified atom stereocenters. The molecule has 2 N–H and O–H groups in total. The highest BCUT2D eigenvalue weighted by Crippen LogP contribution is 2.27. The number of guanidine groups is 1. The van der Waals surface area contributed by atoms with Gasteiger partial charge in [0.15, 0.2) is 5.96 Å². The summed E-state index contributed by atoms with van der Waals surface area (Å²) in [7, 11) is 3.51. The van der Waals surface area contributed by atoms with E-state index in [9.17, 15) is 0 Å². The third kappa shape index (κ3) is 4.66. The lowest BCUT2D eigenvalue weighted by molar-refractivity contribution is 0.414. The van der Waals surface area contributed by atoms with Crippen LogP contribution < -0.4 is 15.4 Å². The van der Waals surface area contributed by atoms with Gasteiger partial charge in [-0.1, -0.05) is 26.0 Å². The molecule has 4 nitrogen and oxygen atoms in total. The van der Waals surface area contributed by atoms with Gasteiger partial charge in [-0.25, -0.2) is 0 Å². The smallest absolute Gasteiger partial charge is 0.191 e. The molecule has 0 bridgehead atoms. The molecule has 1 aromatic rings. The maximum absolute atomic E-state index is 5.21. The minimum absolute atomic E-state index is 0.0312. The normalized spacial score (nSPS) is 15.7. The Morgan fingerprint density at radius 1 is 1.24 bits per heavy atom. The van der Waals surface area contributed by atoms with Gasteiger partial charge in [-0.05, 0) is 36.5 Å². The number of nitrogens with one attached hydrogen (secondary N) is 2. The molecule has 0 radical (unpaired) electrons. The zero-order valence-electron chi connectivity index (χ0n) is 13.6. The van der Waals surface area contributed by atoms with E-state index in [0.29, 0.717) is 0 Å². The van der Waals surface area contributed by atoms with Gasteiger partial charge < -0.3 is 15.4 Å². The van der Waals surface area contributed by atoms with E-state index in [-0.39, 0.29) is 5.41 Å². The van der Waals surface area contributed by atoms with Crippen LogP contribution in [0.1, 0.15) is 32.3 Å². The monoisotopic (exact) mass is 289 g/mol. The first-order chi connectivity index (χ1) is 10.0. The minimum Gasteiger partial charge on any atom is -0.497 e. The number of methoxy groups -OCH3 is 1. The van der Waals surface area contributed by atoms with Crippen LogP contribution in [0.4, 0.5) is 0 Å². The van der Waals surface area contributed by atoms with Crippen LogP contribution in [0.25, 0.3) is 0 Å². The fourth-order valence-corrected chi connectivity index (χ4v) is 2.23. The lowest BCUT2D eigenvalue weighted by Crippen LogP contribution is -2.44. The summed E-state index contributed by atoms with van der Waals surface area (Å²) in [6.45, 7) is 6.33. The van der Waals surface area contributed by atoms with Gasteiger partial charge in [0, 0.05) is 25.6 Å². The molecule has 0 saturated heterocycles. The Morgan fingerprint density at radius 2 is 1.90 bits per heavy atom. The summed E-state index contributed by atoms with van der Waals surface area (Å²) in [5, 5.41) is 6.82. The SMILES string of the molecule is CN=C(NCC1CC1)NCC(C)(C)c1ccc(OC)cc1. The van der Waals surface area contributed by atoms with Gasteiger partial charge in [-0.15, -0.1) is 0 Å². The van der Waals surface area contributed by atoms with Gasteiger partial charge in [0.2, 0.25) is 0 Å². The van der Waals surface area contributed by atoms with Crippen LogP contribution in [0.15, 0.2) is 29.3 Å². The zero-order valence-corrected chi connectivity index (χ0v) is 13.6. The second-order valence-electron chi connectivity index (χ2n) is 6.36. The summed E-state index contributed by atoms with van der Waals surface area (Å²) in [5.41, 5.74) is 1.32. The molecule has 2 rings (SSSR count). The Morgan fingerprint density at radius 3 is 2.43 bits per heavy atom. The zero-order chi connectivity index (χ0) is 15.3. The first kappa shape index (κ1) is 15.7. The summed E-state index contributed by atoms with van der Waals surface area (Å²) in [4.78, 5) is 4.29. The molecule has 1 fully saturated rings. The van der Waals surface area contributed by atoms with Crippen molar-refractivity contribution in [1.82, 2.24) is 10.6 Å². The fourth-order valence-electron chi connectivity index (χ4n) is 2.23. The molecular formula is C17H27N3O. The maximum atomic E-state index is 5.21. The van der Waals surface area contributed by atoms with Gasteiger partial charge in [-0.3, -0.25) is 4.99 Å². The van der Waals surface area contributed by atoms with Crippen molar-refractivity contribution in [2.24, 2.45) is 10.9 Å². The second kappa shape index (κ2) is 6.83. The third-order valence-electron chi connectivity index (χ3n) is 4.05. The molecule has 1 saturated carbocycles. The molecule has 1 aliphatic rings. The molecule has 0 aromatic heterocycles. The van der Waals surface area contributed by atoms with E-state index in [1.165, 1.54) is 18.4 Å². The number of hydrogen-bond donors (Lipinski definition) is 2. The van der Waals surface area contributed by atoms with E-state index in [0.717, 1.165) is 30.7 Å². The minimum atomic E-state index is 0.0312. The standard InChI is InChI=1S/C17H27N3O/c1-17(2,14-7-9-15(21-4)10-8-14)12-20-16(18-3)19-11-13-5-6-13/h7-10,13H,5-6,11-12H2,1-4H3,(H2,18,19,20). The second-order valence-corrected chi connectivity index (χ2v) is 6.36. The van der Waals surface area contributed by atoms with Gasteiger partial charge in [0.1, 0.15) is 5.75 Å². The van der Waals surface area contributed by atoms with E-state index in [1.54, 1.807) is 7.11 Å². The van der Waals surface area contributed by atoms with Crippen molar-refractivity contribution in [2.45, 2.75) is 32.1 Å². The highest BCUT2D eigenvalue weighted by Gasteiger charge is 2.23. The van der Waals surface area contributed by atoms with Gasteiger partial charge in [0.05, 0.1) is 7.11 Å². The fraction of sp³-hybridized carbons (Fsp3) is 0.588. The number of rotatable bonds is 6. The van der Waals surface area contributed by atoms with E-state index in [1.807, 2.05) is 19.2 Å². The lowest BCUT2D eigenvalue weighted by Gasteiger charge is -2.27. The largest absolute Gasteiger partial charge is 0.497 e. The highest BCUT2D eigenvalue weighted by molar-refractivity contribution is 5.79. The van der Waals surface area contributed by atoms with E-state index >= 15 is 0 Å². The van der Waals surface area contributed by atoms with Gasteiger partial charge in [0.25, 0.3) is 0 Å². The summed E-state index contributed by atoms with van der Waals surface area (Å²) in [6.07, 6.45) is 2.70. The molecule has 116 valence electrons. The van der Waals surface area contributed by atoms with Crippen LogP contribution in [0, 0.1) is 5.92 Å². The Balaban J connectivity index is 1.88. The number of benzene rings is 1. The summed E-state index contributed by atoms with van der Waals surface area (Å²) >= 11 is 0. The van der Waals surface area contributed by atoms with Gasteiger partial charge >= 0.3 is 0 Å². The molecule has 0 aliphatic heterocycles. The molecular weight excluding hydrogens is 262 g/mol. The molecule has 0 amide bonds. The van der Waals surface area contributed by atoms with Crippen LogP contribution in [0.5, 0.6) is 5.75 Å². The molecule has 1 aromatic carbocycles. The van der Waals surface area contributed by atoms with Crippen molar-refractivity contribution in [3.8, 4) is 5.75 Å². The van der Waals surface area contributed by atoms with Crippen molar-refractivity contribution >= 4 is 5.96 Å². The van der Waals surface area contributed by atoms with E-state index < -0.39 is 0 Å². The Labute approximate surface area is 128 Å². The average Bonchev–Trinajstić information content (AvgIpc) is 3.31. The molecule has 4 heteroatoms. The first-order valence-corrected chi connectivity index (χ1v) is 7.64. The van der Waals surface area contributed by atoms with Crippen LogP contribution in [0.3, 0.4) is 0 Å². The van der Waals surface area contributed by atoms with Crippen LogP contribution in [-0.2, 0) is 5.41 Å². The lowest BCUT2D eigenvalue weighted by atomic mass is 9.84. The van der Waals surface area contributed by atoms with Crippen molar-refractivity contribution in [3.63, 3.8) is 0 Å². The molecule has 1 aliphatic carbocycles. The Bertz CT molecular complexity index is 475. The predicted octanol–water partition coefficient (Wildman–Crippen LogP) is 2.55. The van der Waals surface area contributed by atoms with E-state index in [2.05, 4.69) is 41.6 Å². The van der Waals surface area contributed by atoms with Crippen molar-refractivity contribution < 1.29 is 4.74 Å². The summed E-state index contributed by atoms with van der Waals surface area (Å²) in [5.74, 6) is 2.63.